The van der Waals surface area contributed by atoms with Crippen LogP contribution in [0.15, 0.2) is 73.2 Å². The predicted octanol–water partition coefficient (Wildman–Crippen LogP) is 3.16. The number of nitrogens with two attached hydrogens (primary N) is 1. The highest BCUT2D eigenvalue weighted by Gasteiger charge is 2.13. The van der Waals surface area contributed by atoms with Gasteiger partial charge in [0.15, 0.2) is 5.82 Å². The van der Waals surface area contributed by atoms with Crippen LogP contribution in [0.3, 0.4) is 0 Å². The molecule has 0 radical (unpaired) electrons. The zero-order valence-electron chi connectivity index (χ0n) is 14.7. The molecule has 0 bridgehead atoms. The molecule has 0 aliphatic carbocycles. The van der Waals surface area contributed by atoms with Gasteiger partial charge in [0.1, 0.15) is 23.5 Å². The summed E-state index contributed by atoms with van der Waals surface area (Å²) in [5, 5.41) is 1.97. The highest BCUT2D eigenvalue weighted by atomic mass is 16.5. The number of amides is 1. The Balaban J connectivity index is 1.54. The molecule has 0 spiro atoms. The first-order chi connectivity index (χ1) is 13.7. The van der Waals surface area contributed by atoms with Crippen LogP contribution in [0.4, 0.5) is 11.5 Å². The average Bonchev–Trinajstić information content (AvgIpc) is 2.75. The topological polar surface area (TPSA) is 115 Å². The number of rotatable bonds is 5. The molecule has 0 fully saturated rings. The summed E-state index contributed by atoms with van der Waals surface area (Å²) in [5.74, 6) is 0.595. The monoisotopic (exact) mass is 372 g/mol. The van der Waals surface area contributed by atoms with Gasteiger partial charge in [0.2, 0.25) is 5.88 Å². The van der Waals surface area contributed by atoms with Crippen molar-refractivity contribution in [3.8, 4) is 11.6 Å². The minimum absolute atomic E-state index is 0.164. The number of nitrogens with zero attached hydrogens (tertiary/aromatic N) is 3. The summed E-state index contributed by atoms with van der Waals surface area (Å²) in [7, 11) is 0. The first-order valence-electron chi connectivity index (χ1n) is 8.46. The molecule has 0 aliphatic rings. The number of hydrazine groups is 1. The normalized spacial score (nSPS) is 10.4. The van der Waals surface area contributed by atoms with E-state index in [0.717, 1.165) is 10.8 Å². The number of hydrogen-bond donors (Lipinski definition) is 3. The third-order valence-corrected chi connectivity index (χ3v) is 4.00. The van der Waals surface area contributed by atoms with Crippen molar-refractivity contribution >= 4 is 28.2 Å². The van der Waals surface area contributed by atoms with E-state index >= 15 is 0 Å². The highest BCUT2D eigenvalue weighted by Crippen LogP contribution is 2.33. The van der Waals surface area contributed by atoms with E-state index in [1.54, 1.807) is 18.2 Å². The highest BCUT2D eigenvalue weighted by molar-refractivity contribution is 5.93. The Morgan fingerprint density at radius 2 is 1.75 bits per heavy atom. The Kier molecular flexibility index (Phi) is 4.67. The second kappa shape index (κ2) is 7.58. The number of fused-ring (bicyclic) bond motifs is 1. The molecule has 2 aromatic carbocycles. The zero-order valence-corrected chi connectivity index (χ0v) is 14.7. The summed E-state index contributed by atoms with van der Waals surface area (Å²) in [5.41, 5.74) is 11.7. The molecule has 138 valence electrons. The van der Waals surface area contributed by atoms with Gasteiger partial charge in [-0.15, -0.1) is 0 Å². The quantitative estimate of drug-likeness (QED) is 0.461. The molecule has 2 aromatic heterocycles. The van der Waals surface area contributed by atoms with Crippen LogP contribution in [0, 0.1) is 0 Å². The Labute approximate surface area is 160 Å². The van der Waals surface area contributed by atoms with Gasteiger partial charge in [-0.05, 0) is 23.6 Å². The Bertz CT molecular complexity index is 1130. The van der Waals surface area contributed by atoms with E-state index < -0.39 is 5.91 Å². The summed E-state index contributed by atoms with van der Waals surface area (Å²) >= 11 is 0. The third-order valence-electron chi connectivity index (χ3n) is 4.00. The number of carbonyl (C=O) groups is 1. The zero-order chi connectivity index (χ0) is 19.3. The number of nitrogen functional groups attached to an aromatic ring is 1. The van der Waals surface area contributed by atoms with Crippen LogP contribution in [-0.2, 0) is 0 Å². The number of aromatic nitrogens is 3. The number of anilines is 2. The molecular weight excluding hydrogens is 356 g/mol. The molecule has 8 heteroatoms. The molecular formula is C20H16N6O2. The van der Waals surface area contributed by atoms with Crippen LogP contribution in [0.25, 0.3) is 10.8 Å². The summed E-state index contributed by atoms with van der Waals surface area (Å²) in [6, 6.07) is 18.6. The third kappa shape index (κ3) is 3.51. The molecule has 8 nitrogen and oxygen atoms in total. The summed E-state index contributed by atoms with van der Waals surface area (Å²) < 4.78 is 5.91. The maximum absolute atomic E-state index is 12.1. The molecule has 4 aromatic rings. The first kappa shape index (κ1) is 17.2. The molecule has 4 rings (SSSR count). The molecule has 0 atom stereocenters. The lowest BCUT2D eigenvalue weighted by Gasteiger charge is -2.13. The SMILES string of the molecule is Nc1c(NNC(=O)c2ccccn2)ncnc1Oc1cccc2ccccc12. The smallest absolute Gasteiger partial charge is 0.288 e. The van der Waals surface area contributed by atoms with Crippen molar-refractivity contribution in [1.82, 2.24) is 20.4 Å². The average molecular weight is 372 g/mol. The number of ether oxygens (including phenoxy) is 1. The molecule has 2 heterocycles. The number of nitrogens with one attached hydrogen (secondary N) is 2. The second-order valence-electron chi connectivity index (χ2n) is 5.81. The number of benzene rings is 2. The summed E-state index contributed by atoms with van der Waals surface area (Å²) in [6.45, 7) is 0. The van der Waals surface area contributed by atoms with E-state index in [1.165, 1.54) is 12.5 Å². The van der Waals surface area contributed by atoms with Gasteiger partial charge in [-0.25, -0.2) is 4.98 Å². The van der Waals surface area contributed by atoms with Crippen LogP contribution in [0.1, 0.15) is 10.5 Å². The van der Waals surface area contributed by atoms with Crippen LogP contribution in [0.5, 0.6) is 11.6 Å². The van der Waals surface area contributed by atoms with E-state index in [2.05, 4.69) is 25.8 Å². The summed E-state index contributed by atoms with van der Waals surface area (Å²) in [6.07, 6.45) is 2.83. The molecule has 1 amide bonds. The molecule has 28 heavy (non-hydrogen) atoms. The standard InChI is InChI=1S/C20H16N6O2/c21-17-18(25-26-19(27)15-9-3-4-11-22-15)23-12-24-20(17)28-16-10-5-7-13-6-1-2-8-14(13)16/h1-12H,21H2,(H,26,27)(H,23,24,25). The first-order valence-corrected chi connectivity index (χ1v) is 8.46. The fraction of sp³-hybridized carbons (Fsp3) is 0. The number of pyridine rings is 1. The lowest BCUT2D eigenvalue weighted by molar-refractivity contribution is 0.0957. The van der Waals surface area contributed by atoms with E-state index in [9.17, 15) is 4.79 Å². The van der Waals surface area contributed by atoms with Crippen molar-refractivity contribution in [1.29, 1.82) is 0 Å². The van der Waals surface area contributed by atoms with Crippen LogP contribution in [0.2, 0.25) is 0 Å². The van der Waals surface area contributed by atoms with Gasteiger partial charge in [-0.2, -0.15) is 4.98 Å². The molecule has 0 unspecified atom stereocenters. The van der Waals surface area contributed by atoms with Gasteiger partial charge in [0.25, 0.3) is 5.91 Å². The van der Waals surface area contributed by atoms with Gasteiger partial charge < -0.3 is 10.5 Å². The van der Waals surface area contributed by atoms with Crippen molar-refractivity contribution in [3.63, 3.8) is 0 Å². The Hall–Kier alpha value is -4.20. The number of carbonyl (C=O) groups excluding carboxylic acids is 1. The minimum atomic E-state index is -0.421. The van der Waals surface area contributed by atoms with Crippen LogP contribution in [-0.4, -0.2) is 20.9 Å². The van der Waals surface area contributed by atoms with E-state index in [-0.39, 0.29) is 23.1 Å². The lowest BCUT2D eigenvalue weighted by atomic mass is 10.1. The van der Waals surface area contributed by atoms with Gasteiger partial charge in [0, 0.05) is 11.6 Å². The van der Waals surface area contributed by atoms with E-state index in [0.29, 0.717) is 5.75 Å². The summed E-state index contributed by atoms with van der Waals surface area (Å²) in [4.78, 5) is 24.2. The van der Waals surface area contributed by atoms with E-state index in [1.807, 2.05) is 42.5 Å². The van der Waals surface area contributed by atoms with Crippen molar-refractivity contribution in [2.45, 2.75) is 0 Å². The van der Waals surface area contributed by atoms with Gasteiger partial charge in [0.05, 0.1) is 0 Å². The molecule has 0 saturated carbocycles. The minimum Gasteiger partial charge on any atom is -0.436 e. The van der Waals surface area contributed by atoms with Gasteiger partial charge in [-0.1, -0.05) is 42.5 Å². The second-order valence-corrected chi connectivity index (χ2v) is 5.81. The van der Waals surface area contributed by atoms with Crippen LogP contribution >= 0.6 is 0 Å². The van der Waals surface area contributed by atoms with Crippen molar-refractivity contribution < 1.29 is 9.53 Å². The maximum Gasteiger partial charge on any atom is 0.288 e. The van der Waals surface area contributed by atoms with Crippen molar-refractivity contribution in [2.24, 2.45) is 0 Å². The Morgan fingerprint density at radius 3 is 2.61 bits per heavy atom. The number of hydrogen-bond acceptors (Lipinski definition) is 7. The van der Waals surface area contributed by atoms with Gasteiger partial charge >= 0.3 is 0 Å². The van der Waals surface area contributed by atoms with Crippen molar-refractivity contribution in [3.05, 3.63) is 78.9 Å². The molecule has 0 saturated heterocycles. The predicted molar refractivity (Wildman–Crippen MR) is 106 cm³/mol. The lowest BCUT2D eigenvalue weighted by Crippen LogP contribution is -2.30. The fourth-order valence-corrected chi connectivity index (χ4v) is 2.63. The molecule has 0 aliphatic heterocycles. The van der Waals surface area contributed by atoms with Crippen LogP contribution < -0.4 is 21.3 Å². The van der Waals surface area contributed by atoms with Crippen molar-refractivity contribution in [2.75, 3.05) is 11.2 Å². The fourth-order valence-electron chi connectivity index (χ4n) is 2.63. The largest absolute Gasteiger partial charge is 0.436 e. The van der Waals surface area contributed by atoms with E-state index in [4.69, 9.17) is 10.5 Å². The molecule has 4 N–H and O–H groups in total. The Morgan fingerprint density at radius 1 is 0.929 bits per heavy atom. The van der Waals surface area contributed by atoms with Gasteiger partial charge in [-0.3, -0.25) is 20.6 Å². The maximum atomic E-state index is 12.1.